The summed E-state index contributed by atoms with van der Waals surface area (Å²) in [6.45, 7) is 4.27. The van der Waals surface area contributed by atoms with Gasteiger partial charge in [0, 0.05) is 25.2 Å². The number of nitrogens with zero attached hydrogens (tertiary/aromatic N) is 2. The van der Waals surface area contributed by atoms with Gasteiger partial charge < -0.3 is 14.9 Å². The first-order valence-corrected chi connectivity index (χ1v) is 9.22. The van der Waals surface area contributed by atoms with Crippen molar-refractivity contribution >= 4 is 17.2 Å². The summed E-state index contributed by atoms with van der Waals surface area (Å²) in [6, 6.07) is 3.81. The normalized spacial score (nSPS) is 17.8. The number of likely N-dealkylation sites (tertiary alicyclic amines) is 1. The van der Waals surface area contributed by atoms with Crippen LogP contribution in [-0.2, 0) is 13.0 Å². The Labute approximate surface area is 145 Å². The molecule has 1 amide bonds. The van der Waals surface area contributed by atoms with Crippen molar-refractivity contribution in [3.05, 3.63) is 39.9 Å². The Balaban J connectivity index is 1.50. The van der Waals surface area contributed by atoms with Gasteiger partial charge in [-0.3, -0.25) is 9.69 Å². The first-order valence-electron chi connectivity index (χ1n) is 8.28. The fourth-order valence-corrected chi connectivity index (χ4v) is 3.58. The smallest absolute Gasteiger partial charge is 0.273 e. The molecule has 0 radical (unpaired) electrons. The fourth-order valence-electron chi connectivity index (χ4n) is 2.90. The monoisotopic (exact) mass is 349 g/mol. The molecule has 3 heterocycles. The molecule has 0 aromatic carbocycles. The van der Waals surface area contributed by atoms with Crippen LogP contribution in [0.15, 0.2) is 27.4 Å². The Morgan fingerprint density at radius 2 is 2.33 bits per heavy atom. The van der Waals surface area contributed by atoms with Gasteiger partial charge in [-0.25, -0.2) is 0 Å². The minimum absolute atomic E-state index is 0.0378. The van der Waals surface area contributed by atoms with E-state index >= 15 is 0 Å². The van der Waals surface area contributed by atoms with Crippen molar-refractivity contribution in [2.24, 2.45) is 0 Å². The van der Waals surface area contributed by atoms with Gasteiger partial charge in [-0.15, -0.1) is 0 Å². The van der Waals surface area contributed by atoms with Crippen molar-refractivity contribution in [3.63, 3.8) is 0 Å². The van der Waals surface area contributed by atoms with Gasteiger partial charge in [-0.1, -0.05) is 5.16 Å². The van der Waals surface area contributed by atoms with Crippen molar-refractivity contribution in [3.8, 4) is 0 Å². The lowest BCUT2D eigenvalue weighted by atomic mass is 10.1. The summed E-state index contributed by atoms with van der Waals surface area (Å²) in [5, 5.41) is 20.5. The summed E-state index contributed by atoms with van der Waals surface area (Å²) in [5.74, 6) is 0.476. The molecule has 24 heavy (non-hydrogen) atoms. The molecule has 2 aromatic heterocycles. The number of nitrogens with one attached hydrogen (secondary N) is 1. The Bertz CT molecular complexity index is 648. The van der Waals surface area contributed by atoms with Crippen molar-refractivity contribution in [2.45, 2.75) is 44.9 Å². The fraction of sp³-hybridized carbons (Fsp3) is 0.529. The van der Waals surface area contributed by atoms with Crippen molar-refractivity contribution in [1.29, 1.82) is 0 Å². The number of rotatable bonds is 6. The number of hydrogen-bond acceptors (Lipinski definition) is 6. The number of amides is 1. The first kappa shape index (κ1) is 17.1. The van der Waals surface area contributed by atoms with Crippen LogP contribution in [0.4, 0.5) is 0 Å². The molecular formula is C17H23N3O3S. The molecule has 2 N–H and O–H groups in total. The lowest BCUT2D eigenvalue weighted by Crippen LogP contribution is -2.35. The summed E-state index contributed by atoms with van der Waals surface area (Å²) < 4.78 is 5.29. The third-order valence-electron chi connectivity index (χ3n) is 4.23. The van der Waals surface area contributed by atoms with Crippen LogP contribution in [0, 0.1) is 0 Å². The summed E-state index contributed by atoms with van der Waals surface area (Å²) in [4.78, 5) is 14.5. The van der Waals surface area contributed by atoms with Gasteiger partial charge in [-0.2, -0.15) is 11.3 Å². The Kier molecular flexibility index (Phi) is 5.65. The molecule has 2 aromatic rings. The highest BCUT2D eigenvalue weighted by Gasteiger charge is 2.20. The Morgan fingerprint density at radius 3 is 3.04 bits per heavy atom. The summed E-state index contributed by atoms with van der Waals surface area (Å²) in [6.07, 6.45) is 2.17. The highest BCUT2D eigenvalue weighted by molar-refractivity contribution is 7.07. The maximum absolute atomic E-state index is 12.3. The van der Waals surface area contributed by atoms with Crippen LogP contribution < -0.4 is 5.32 Å². The van der Waals surface area contributed by atoms with Crippen molar-refractivity contribution in [2.75, 3.05) is 13.1 Å². The van der Waals surface area contributed by atoms with Crippen LogP contribution in [0.25, 0.3) is 0 Å². The Morgan fingerprint density at radius 1 is 1.54 bits per heavy atom. The molecule has 0 aliphatic carbocycles. The maximum atomic E-state index is 12.3. The minimum Gasteiger partial charge on any atom is -0.393 e. The number of aromatic nitrogens is 1. The zero-order valence-corrected chi connectivity index (χ0v) is 14.6. The summed E-state index contributed by atoms with van der Waals surface area (Å²) in [7, 11) is 0. The lowest BCUT2D eigenvalue weighted by Gasteiger charge is -2.28. The van der Waals surface area contributed by atoms with E-state index in [0.717, 1.165) is 32.4 Å². The van der Waals surface area contributed by atoms with Gasteiger partial charge in [0.15, 0.2) is 11.5 Å². The Hall–Kier alpha value is -1.70. The number of hydrogen-bond donors (Lipinski definition) is 2. The molecule has 1 fully saturated rings. The largest absolute Gasteiger partial charge is 0.393 e. The molecule has 1 atom stereocenters. The van der Waals surface area contributed by atoms with Crippen molar-refractivity contribution < 1.29 is 14.4 Å². The maximum Gasteiger partial charge on any atom is 0.273 e. The minimum atomic E-state index is -0.207. The molecule has 3 rings (SSSR count). The molecule has 0 spiro atoms. The van der Waals surface area contributed by atoms with E-state index in [1.807, 2.05) is 12.3 Å². The molecular weight excluding hydrogens is 326 g/mol. The van der Waals surface area contributed by atoms with Gasteiger partial charge in [-0.05, 0) is 48.6 Å². The molecule has 130 valence electrons. The molecule has 0 bridgehead atoms. The molecule has 0 saturated carbocycles. The second-order valence-electron chi connectivity index (χ2n) is 6.40. The summed E-state index contributed by atoms with van der Waals surface area (Å²) in [5.41, 5.74) is 1.54. The van der Waals surface area contributed by atoms with E-state index in [-0.39, 0.29) is 18.1 Å². The predicted molar refractivity (Wildman–Crippen MR) is 92.0 cm³/mol. The third-order valence-corrected chi connectivity index (χ3v) is 4.96. The van der Waals surface area contributed by atoms with Crippen LogP contribution in [0.1, 0.15) is 41.6 Å². The average molecular weight is 349 g/mol. The number of piperidine rings is 1. The van der Waals surface area contributed by atoms with E-state index < -0.39 is 0 Å². The van der Waals surface area contributed by atoms with E-state index in [0.29, 0.717) is 18.0 Å². The number of aliphatic hydroxyl groups excluding tert-OH is 1. The number of carbonyl (C=O) groups is 1. The van der Waals surface area contributed by atoms with Gasteiger partial charge in [0.2, 0.25) is 0 Å². The average Bonchev–Trinajstić information content (AvgIpc) is 3.21. The van der Waals surface area contributed by atoms with E-state index in [9.17, 15) is 9.90 Å². The standard InChI is InChI=1S/C17H23N3O3S/c1-12(8-13-4-7-24-11-13)18-17(22)16-9-15(23-19-16)10-20-5-2-14(21)3-6-20/h4,7,9,11-12,14,21H,2-3,5-6,8,10H2,1H3,(H,18,22)/t12-/m1/s1. The molecule has 1 aliphatic heterocycles. The molecule has 1 saturated heterocycles. The first-order chi connectivity index (χ1) is 11.6. The van der Waals surface area contributed by atoms with Gasteiger partial charge in [0.05, 0.1) is 12.6 Å². The van der Waals surface area contributed by atoms with Crippen LogP contribution in [-0.4, -0.2) is 46.3 Å². The molecule has 0 unspecified atom stereocenters. The van der Waals surface area contributed by atoms with Gasteiger partial charge in [0.1, 0.15) is 0 Å². The number of thiophene rings is 1. The van der Waals surface area contributed by atoms with E-state index in [1.54, 1.807) is 17.4 Å². The highest BCUT2D eigenvalue weighted by atomic mass is 32.1. The van der Waals surface area contributed by atoms with E-state index in [2.05, 4.69) is 26.8 Å². The van der Waals surface area contributed by atoms with E-state index in [4.69, 9.17) is 4.52 Å². The van der Waals surface area contributed by atoms with Crippen LogP contribution in [0.5, 0.6) is 0 Å². The molecule has 6 nitrogen and oxygen atoms in total. The van der Waals surface area contributed by atoms with Crippen LogP contribution in [0.2, 0.25) is 0 Å². The van der Waals surface area contributed by atoms with Crippen molar-refractivity contribution in [1.82, 2.24) is 15.4 Å². The van der Waals surface area contributed by atoms with Crippen LogP contribution in [0.3, 0.4) is 0 Å². The third kappa shape index (κ3) is 4.66. The predicted octanol–water partition coefficient (Wildman–Crippen LogP) is 2.05. The lowest BCUT2D eigenvalue weighted by molar-refractivity contribution is 0.0748. The van der Waals surface area contributed by atoms with Crippen LogP contribution >= 0.6 is 11.3 Å². The second kappa shape index (κ2) is 7.92. The van der Waals surface area contributed by atoms with Gasteiger partial charge in [0.25, 0.3) is 5.91 Å². The zero-order valence-electron chi connectivity index (χ0n) is 13.8. The molecule has 1 aliphatic rings. The van der Waals surface area contributed by atoms with E-state index in [1.165, 1.54) is 5.56 Å². The zero-order chi connectivity index (χ0) is 16.9. The topological polar surface area (TPSA) is 78.6 Å². The second-order valence-corrected chi connectivity index (χ2v) is 7.18. The quantitative estimate of drug-likeness (QED) is 0.834. The summed E-state index contributed by atoms with van der Waals surface area (Å²) >= 11 is 1.66. The van der Waals surface area contributed by atoms with Gasteiger partial charge >= 0.3 is 0 Å². The number of carbonyl (C=O) groups excluding carboxylic acids is 1. The highest BCUT2D eigenvalue weighted by Crippen LogP contribution is 2.15. The SMILES string of the molecule is C[C@H](Cc1ccsc1)NC(=O)c1cc(CN2CCC(O)CC2)on1. The number of aliphatic hydroxyl groups is 1. The molecule has 7 heteroatoms.